The minimum absolute atomic E-state index is 0.0398. The van der Waals surface area contributed by atoms with Crippen molar-refractivity contribution in [1.29, 1.82) is 0 Å². The van der Waals surface area contributed by atoms with Crippen molar-refractivity contribution < 1.29 is 9.90 Å². The van der Waals surface area contributed by atoms with Crippen molar-refractivity contribution in [1.82, 2.24) is 20.4 Å². The number of hydrogen-bond acceptors (Lipinski definition) is 4. The number of amides is 1. The third-order valence-corrected chi connectivity index (χ3v) is 5.00. The van der Waals surface area contributed by atoms with Crippen LogP contribution < -0.4 is 5.32 Å². The number of carbonyl (C=O) groups is 1. The number of rotatable bonds is 3. The number of aromatic amines is 1. The lowest BCUT2D eigenvalue weighted by molar-refractivity contribution is 0.0618. The van der Waals surface area contributed by atoms with Gasteiger partial charge < -0.3 is 15.3 Å². The zero-order valence-corrected chi connectivity index (χ0v) is 12.4. The van der Waals surface area contributed by atoms with Crippen LogP contribution in [0.4, 0.5) is 0 Å². The van der Waals surface area contributed by atoms with Crippen molar-refractivity contribution in [3.8, 4) is 0 Å². The van der Waals surface area contributed by atoms with Crippen LogP contribution in [0.25, 0.3) is 10.9 Å². The van der Waals surface area contributed by atoms with Crippen molar-refractivity contribution in [2.75, 3.05) is 19.6 Å². The van der Waals surface area contributed by atoms with E-state index in [1.807, 2.05) is 18.2 Å². The van der Waals surface area contributed by atoms with Crippen molar-refractivity contribution in [2.45, 2.75) is 25.5 Å². The van der Waals surface area contributed by atoms with Gasteiger partial charge in [-0.05, 0) is 49.5 Å². The van der Waals surface area contributed by atoms with Gasteiger partial charge in [0, 0.05) is 18.0 Å². The second-order valence-corrected chi connectivity index (χ2v) is 6.33. The molecule has 1 aromatic carbocycles. The molecule has 0 saturated carbocycles. The molecule has 0 unspecified atom stereocenters. The largest absolute Gasteiger partial charge is 0.392 e. The van der Waals surface area contributed by atoms with Gasteiger partial charge in [0.25, 0.3) is 5.91 Å². The number of nitrogens with one attached hydrogen (secondary N) is 2. The Morgan fingerprint density at radius 3 is 2.91 bits per heavy atom. The van der Waals surface area contributed by atoms with Crippen LogP contribution in [0.5, 0.6) is 0 Å². The Kier molecular flexibility index (Phi) is 3.35. The summed E-state index contributed by atoms with van der Waals surface area (Å²) in [5.41, 5.74) is 2.02. The Labute approximate surface area is 128 Å². The van der Waals surface area contributed by atoms with Gasteiger partial charge in [-0.1, -0.05) is 6.07 Å². The molecule has 0 radical (unpaired) electrons. The van der Waals surface area contributed by atoms with Gasteiger partial charge in [0.15, 0.2) is 5.69 Å². The summed E-state index contributed by atoms with van der Waals surface area (Å²) in [5, 5.41) is 20.2. The SMILES string of the molecule is O=C(N[C@@H]1CN2CCC1CC2)c1n[nH]c2ccc(CO)cc12. The summed E-state index contributed by atoms with van der Waals surface area (Å²) in [6.45, 7) is 3.22. The van der Waals surface area contributed by atoms with E-state index < -0.39 is 0 Å². The molecule has 3 fully saturated rings. The summed E-state index contributed by atoms with van der Waals surface area (Å²) in [6, 6.07) is 5.72. The van der Waals surface area contributed by atoms with E-state index in [0.717, 1.165) is 36.1 Å². The van der Waals surface area contributed by atoms with Crippen LogP contribution in [0.3, 0.4) is 0 Å². The Morgan fingerprint density at radius 2 is 2.23 bits per heavy atom. The summed E-state index contributed by atoms with van der Waals surface area (Å²) in [4.78, 5) is 15.0. The Hall–Kier alpha value is -1.92. The Morgan fingerprint density at radius 1 is 1.41 bits per heavy atom. The second-order valence-electron chi connectivity index (χ2n) is 6.33. The molecule has 0 spiro atoms. The normalized spacial score (nSPS) is 27.2. The summed E-state index contributed by atoms with van der Waals surface area (Å²) in [7, 11) is 0. The minimum Gasteiger partial charge on any atom is -0.392 e. The minimum atomic E-state index is -0.125. The van der Waals surface area contributed by atoms with Crippen LogP contribution in [0, 0.1) is 5.92 Å². The monoisotopic (exact) mass is 300 g/mol. The molecule has 3 aliphatic heterocycles. The van der Waals surface area contributed by atoms with E-state index in [4.69, 9.17) is 0 Å². The average Bonchev–Trinajstić information content (AvgIpc) is 2.99. The van der Waals surface area contributed by atoms with Gasteiger partial charge in [-0.3, -0.25) is 9.89 Å². The van der Waals surface area contributed by atoms with Crippen molar-refractivity contribution >= 4 is 16.8 Å². The third-order valence-electron chi connectivity index (χ3n) is 5.00. The maximum atomic E-state index is 12.6. The van der Waals surface area contributed by atoms with E-state index in [2.05, 4.69) is 20.4 Å². The quantitative estimate of drug-likeness (QED) is 0.786. The lowest BCUT2D eigenvalue weighted by atomic mass is 9.84. The van der Waals surface area contributed by atoms with Gasteiger partial charge in [0.05, 0.1) is 12.1 Å². The zero-order valence-electron chi connectivity index (χ0n) is 12.4. The first-order valence-corrected chi connectivity index (χ1v) is 7.85. The molecule has 116 valence electrons. The highest BCUT2D eigenvalue weighted by atomic mass is 16.3. The number of hydrogen-bond donors (Lipinski definition) is 3. The fraction of sp³-hybridized carbons (Fsp3) is 0.500. The van der Waals surface area contributed by atoms with Gasteiger partial charge in [-0.25, -0.2) is 0 Å². The highest BCUT2D eigenvalue weighted by Gasteiger charge is 2.35. The highest BCUT2D eigenvalue weighted by Crippen LogP contribution is 2.28. The van der Waals surface area contributed by atoms with E-state index in [1.54, 1.807) is 0 Å². The fourth-order valence-corrected chi connectivity index (χ4v) is 3.70. The molecule has 1 aromatic heterocycles. The van der Waals surface area contributed by atoms with E-state index in [0.29, 0.717) is 11.6 Å². The molecule has 3 N–H and O–H groups in total. The van der Waals surface area contributed by atoms with E-state index in [9.17, 15) is 9.90 Å². The maximum Gasteiger partial charge on any atom is 0.272 e. The van der Waals surface area contributed by atoms with Crippen LogP contribution in [0.2, 0.25) is 0 Å². The van der Waals surface area contributed by atoms with Gasteiger partial charge in [0.2, 0.25) is 0 Å². The van der Waals surface area contributed by atoms with Gasteiger partial charge in [-0.15, -0.1) is 0 Å². The molecule has 5 rings (SSSR count). The first kappa shape index (κ1) is 13.7. The molecule has 6 heteroatoms. The molecule has 1 amide bonds. The highest BCUT2D eigenvalue weighted by molar-refractivity contribution is 6.04. The molecule has 6 nitrogen and oxygen atoms in total. The number of carbonyl (C=O) groups excluding carboxylic acids is 1. The Bertz CT molecular complexity index is 703. The van der Waals surface area contributed by atoms with Crippen molar-refractivity contribution in [2.24, 2.45) is 5.92 Å². The first-order chi connectivity index (χ1) is 10.7. The molecular weight excluding hydrogens is 280 g/mol. The van der Waals surface area contributed by atoms with Crippen LogP contribution in [0.1, 0.15) is 28.9 Å². The molecule has 3 saturated heterocycles. The van der Waals surface area contributed by atoms with Gasteiger partial charge >= 0.3 is 0 Å². The van der Waals surface area contributed by atoms with Gasteiger partial charge in [0.1, 0.15) is 0 Å². The lowest BCUT2D eigenvalue weighted by Crippen LogP contribution is -2.57. The van der Waals surface area contributed by atoms with Crippen LogP contribution >= 0.6 is 0 Å². The predicted molar refractivity (Wildman–Crippen MR) is 82.4 cm³/mol. The third kappa shape index (κ3) is 2.28. The smallest absolute Gasteiger partial charge is 0.272 e. The first-order valence-electron chi connectivity index (χ1n) is 7.85. The molecule has 3 aliphatic rings. The number of nitrogens with zero attached hydrogens (tertiary/aromatic N) is 2. The second kappa shape index (κ2) is 5.37. The number of benzene rings is 1. The van der Waals surface area contributed by atoms with Crippen LogP contribution in [-0.4, -0.2) is 51.8 Å². The molecule has 2 aromatic rings. The molecule has 2 bridgehead atoms. The molecule has 4 heterocycles. The maximum absolute atomic E-state index is 12.6. The fourth-order valence-electron chi connectivity index (χ4n) is 3.70. The molecule has 22 heavy (non-hydrogen) atoms. The summed E-state index contributed by atoms with van der Waals surface area (Å²) < 4.78 is 0. The molecule has 0 aliphatic carbocycles. The number of fused-ring (bicyclic) bond motifs is 4. The molecule has 1 atom stereocenters. The lowest BCUT2D eigenvalue weighted by Gasteiger charge is -2.44. The number of aliphatic hydroxyl groups excluding tert-OH is 1. The zero-order chi connectivity index (χ0) is 15.1. The van der Waals surface area contributed by atoms with Crippen LogP contribution in [-0.2, 0) is 6.61 Å². The predicted octanol–water partition coefficient (Wildman–Crippen LogP) is 0.879. The molecular formula is C16H20N4O2. The van der Waals surface area contributed by atoms with E-state index in [1.165, 1.54) is 12.8 Å². The van der Waals surface area contributed by atoms with Crippen molar-refractivity contribution in [3.05, 3.63) is 29.5 Å². The number of aliphatic hydroxyl groups is 1. The Balaban J connectivity index is 1.57. The average molecular weight is 300 g/mol. The van der Waals surface area contributed by atoms with E-state index >= 15 is 0 Å². The summed E-state index contributed by atoms with van der Waals surface area (Å²) in [6.07, 6.45) is 2.34. The topological polar surface area (TPSA) is 81.2 Å². The standard InChI is InChI=1S/C16H20N4O2/c21-9-10-1-2-13-12(7-10)15(19-18-13)16(22)17-14-8-20-5-3-11(14)4-6-20/h1-2,7,11,14,21H,3-6,8-9H2,(H,17,22)(H,18,19)/t14-/m1/s1. The van der Waals surface area contributed by atoms with Crippen LogP contribution in [0.15, 0.2) is 18.2 Å². The van der Waals surface area contributed by atoms with Gasteiger partial charge in [-0.2, -0.15) is 5.10 Å². The number of aromatic nitrogens is 2. The summed E-state index contributed by atoms with van der Waals surface area (Å²) >= 11 is 0. The number of H-pyrrole nitrogens is 1. The van der Waals surface area contributed by atoms with Crippen molar-refractivity contribution in [3.63, 3.8) is 0 Å². The number of piperidine rings is 3. The van der Waals surface area contributed by atoms with E-state index in [-0.39, 0.29) is 18.6 Å². The summed E-state index contributed by atoms with van der Waals surface area (Å²) in [5.74, 6) is 0.465.